The van der Waals surface area contributed by atoms with Crippen molar-refractivity contribution < 1.29 is 9.13 Å². The highest BCUT2D eigenvalue weighted by atomic mass is 19.1. The zero-order valence-electron chi connectivity index (χ0n) is 21.4. The zero-order valence-corrected chi connectivity index (χ0v) is 21.4. The lowest BCUT2D eigenvalue weighted by Gasteiger charge is -2.45. The van der Waals surface area contributed by atoms with Gasteiger partial charge in [-0.05, 0) is 47.0 Å². The number of halogens is 1. The van der Waals surface area contributed by atoms with E-state index in [4.69, 9.17) is 4.74 Å². The number of hydrogen-bond donors (Lipinski definition) is 0. The van der Waals surface area contributed by atoms with E-state index in [1.807, 2.05) is 18.2 Å². The Kier molecular flexibility index (Phi) is 4.19. The van der Waals surface area contributed by atoms with Crippen LogP contribution in [0.5, 0.6) is 11.5 Å². The number of aromatic nitrogens is 1. The van der Waals surface area contributed by atoms with Crippen LogP contribution in [0.3, 0.4) is 0 Å². The molecule has 0 saturated heterocycles. The van der Waals surface area contributed by atoms with E-state index in [1.54, 1.807) is 0 Å². The van der Waals surface area contributed by atoms with Crippen LogP contribution in [0.1, 0.15) is 22.3 Å². The minimum atomic E-state index is -0.610. The maximum absolute atomic E-state index is 13.9. The van der Waals surface area contributed by atoms with Gasteiger partial charge in [-0.3, -0.25) is 0 Å². The van der Waals surface area contributed by atoms with Gasteiger partial charge in [0.15, 0.2) is 0 Å². The van der Waals surface area contributed by atoms with Gasteiger partial charge in [-0.1, -0.05) is 103 Å². The molecule has 2 aliphatic heterocycles. The van der Waals surface area contributed by atoms with E-state index in [9.17, 15) is 4.39 Å². The smallest absolute Gasteiger partial charge is 0.140 e. The van der Waals surface area contributed by atoms with E-state index in [1.165, 1.54) is 50.8 Å². The fraction of sp³-hybridized carbons (Fsp3) is 0.0270. The Morgan fingerprint density at radius 3 is 2.12 bits per heavy atom. The molecule has 1 atom stereocenters. The molecule has 0 N–H and O–H groups in total. The van der Waals surface area contributed by atoms with E-state index >= 15 is 0 Å². The van der Waals surface area contributed by atoms with Gasteiger partial charge in [-0.2, -0.15) is 0 Å². The van der Waals surface area contributed by atoms with Crippen LogP contribution in [-0.2, 0) is 5.41 Å². The summed E-state index contributed by atoms with van der Waals surface area (Å²) in [5.41, 5.74) is 9.50. The summed E-state index contributed by atoms with van der Waals surface area (Å²) >= 11 is 0. The molecule has 1 spiro atoms. The zero-order chi connectivity index (χ0) is 26.4. The number of rotatable bonds is 1. The quantitative estimate of drug-likeness (QED) is 0.212. The number of hydrogen-bond acceptors (Lipinski definition) is 1. The van der Waals surface area contributed by atoms with Crippen LogP contribution in [0.4, 0.5) is 4.39 Å². The van der Waals surface area contributed by atoms with E-state index in [-0.39, 0.29) is 5.82 Å². The minimum Gasteiger partial charge on any atom is -0.456 e. The van der Waals surface area contributed by atoms with Crippen LogP contribution in [0, 0.1) is 5.82 Å². The second kappa shape index (κ2) is 7.71. The van der Waals surface area contributed by atoms with Gasteiger partial charge in [0, 0.05) is 27.5 Å². The van der Waals surface area contributed by atoms with Crippen molar-refractivity contribution in [1.82, 2.24) is 4.57 Å². The molecule has 40 heavy (non-hydrogen) atoms. The number of para-hydroxylation sites is 5. The molecule has 9 rings (SSSR count). The van der Waals surface area contributed by atoms with Crippen LogP contribution in [0.2, 0.25) is 0 Å². The van der Waals surface area contributed by atoms with Gasteiger partial charge in [0.2, 0.25) is 0 Å². The van der Waals surface area contributed by atoms with E-state index in [2.05, 4.69) is 108 Å². The maximum Gasteiger partial charge on any atom is 0.140 e. The molecule has 3 heterocycles. The fourth-order valence-corrected chi connectivity index (χ4v) is 7.20. The first kappa shape index (κ1) is 21.7. The molecule has 6 aromatic carbocycles. The van der Waals surface area contributed by atoms with Gasteiger partial charge in [-0.15, -0.1) is 0 Å². The van der Waals surface area contributed by atoms with Gasteiger partial charge >= 0.3 is 0 Å². The first-order valence-corrected chi connectivity index (χ1v) is 13.6. The van der Waals surface area contributed by atoms with Crippen molar-refractivity contribution >= 4 is 21.8 Å². The van der Waals surface area contributed by atoms with Gasteiger partial charge in [0.05, 0.1) is 22.1 Å². The van der Waals surface area contributed by atoms with Gasteiger partial charge in [0.1, 0.15) is 17.3 Å². The van der Waals surface area contributed by atoms with Crippen LogP contribution in [0.25, 0.3) is 38.6 Å². The third-order valence-electron chi connectivity index (χ3n) is 8.73. The third kappa shape index (κ3) is 2.57. The maximum atomic E-state index is 13.9. The first-order valence-electron chi connectivity index (χ1n) is 13.6. The van der Waals surface area contributed by atoms with Crippen molar-refractivity contribution in [1.29, 1.82) is 0 Å². The van der Waals surface area contributed by atoms with Crippen LogP contribution >= 0.6 is 0 Å². The SMILES string of the molecule is Fc1ccc(-c2cccc3c2Oc2ccccc2C32c3ccccc3-n3c4ccccc4c4cccc2c43)cc1. The summed E-state index contributed by atoms with van der Waals surface area (Å²) in [6.07, 6.45) is 0. The first-order chi connectivity index (χ1) is 19.8. The summed E-state index contributed by atoms with van der Waals surface area (Å²) in [7, 11) is 0. The standard InChI is InChI=1S/C37H22FNO/c38-24-21-19-23(20-22-24)25-10-7-15-31-36(25)40-34-18-6-3-13-29(34)37(31)28-12-2-5-17-33(28)39-32-16-4-1-9-26(32)27-11-8-14-30(37)35(27)39/h1-22H. The Bertz CT molecular complexity index is 2160. The summed E-state index contributed by atoms with van der Waals surface area (Å²) < 4.78 is 23.1. The molecular formula is C37H22FNO. The molecule has 0 radical (unpaired) electrons. The Balaban J connectivity index is 1.51. The third-order valence-corrected chi connectivity index (χ3v) is 8.73. The van der Waals surface area contributed by atoms with Crippen LogP contribution in [0.15, 0.2) is 133 Å². The second-order valence-corrected chi connectivity index (χ2v) is 10.6. The largest absolute Gasteiger partial charge is 0.456 e. The number of benzene rings is 6. The molecule has 0 saturated carbocycles. The molecule has 0 bridgehead atoms. The summed E-state index contributed by atoms with van der Waals surface area (Å²) in [5.74, 6) is 1.39. The van der Waals surface area contributed by atoms with Crippen LogP contribution < -0.4 is 4.74 Å². The van der Waals surface area contributed by atoms with E-state index in [0.29, 0.717) is 0 Å². The molecule has 0 aliphatic carbocycles. The highest BCUT2D eigenvalue weighted by Gasteiger charge is 2.50. The second-order valence-electron chi connectivity index (χ2n) is 10.6. The predicted octanol–water partition coefficient (Wildman–Crippen LogP) is 9.39. The highest BCUT2D eigenvalue weighted by Crippen LogP contribution is 2.61. The predicted molar refractivity (Wildman–Crippen MR) is 158 cm³/mol. The lowest BCUT2D eigenvalue weighted by molar-refractivity contribution is 0.435. The summed E-state index contributed by atoms with van der Waals surface area (Å²) in [6, 6.07) is 45.6. The minimum absolute atomic E-state index is 0.253. The normalized spacial score (nSPS) is 16.4. The van der Waals surface area contributed by atoms with Crippen molar-refractivity contribution in [2.75, 3.05) is 0 Å². The molecule has 2 nitrogen and oxygen atoms in total. The molecule has 188 valence electrons. The molecule has 0 fully saturated rings. The molecule has 2 aliphatic rings. The van der Waals surface area contributed by atoms with Crippen molar-refractivity contribution in [3.63, 3.8) is 0 Å². The Morgan fingerprint density at radius 1 is 0.550 bits per heavy atom. The topological polar surface area (TPSA) is 14.2 Å². The van der Waals surface area contributed by atoms with E-state index < -0.39 is 5.41 Å². The van der Waals surface area contributed by atoms with E-state index in [0.717, 1.165) is 33.8 Å². The molecular weight excluding hydrogens is 493 g/mol. The van der Waals surface area contributed by atoms with Gasteiger partial charge in [0.25, 0.3) is 0 Å². The summed E-state index contributed by atoms with van der Waals surface area (Å²) in [4.78, 5) is 0. The lowest BCUT2D eigenvalue weighted by atomic mass is 9.61. The van der Waals surface area contributed by atoms with Gasteiger partial charge in [-0.25, -0.2) is 4.39 Å². The van der Waals surface area contributed by atoms with Crippen molar-refractivity contribution in [3.8, 4) is 28.3 Å². The number of ether oxygens (including phenoxy) is 1. The highest BCUT2D eigenvalue weighted by molar-refractivity contribution is 6.12. The van der Waals surface area contributed by atoms with Crippen molar-refractivity contribution in [2.24, 2.45) is 0 Å². The Hall–Kier alpha value is -5.15. The summed E-state index contributed by atoms with van der Waals surface area (Å²) in [6.45, 7) is 0. The fourth-order valence-electron chi connectivity index (χ4n) is 7.20. The molecule has 7 aromatic rings. The van der Waals surface area contributed by atoms with Crippen molar-refractivity contribution in [3.05, 3.63) is 162 Å². The van der Waals surface area contributed by atoms with Gasteiger partial charge < -0.3 is 9.30 Å². The lowest BCUT2D eigenvalue weighted by Crippen LogP contribution is -2.37. The average molecular weight is 516 g/mol. The molecule has 3 heteroatoms. The number of fused-ring (bicyclic) bond motifs is 11. The average Bonchev–Trinajstić information content (AvgIpc) is 3.35. The monoisotopic (exact) mass is 515 g/mol. The van der Waals surface area contributed by atoms with Crippen molar-refractivity contribution in [2.45, 2.75) is 5.41 Å². The molecule has 0 amide bonds. The number of nitrogens with zero attached hydrogens (tertiary/aromatic N) is 1. The Labute approximate surface area is 230 Å². The molecule has 1 aromatic heterocycles. The summed E-state index contributed by atoms with van der Waals surface area (Å²) in [5, 5.41) is 2.48. The molecule has 1 unspecified atom stereocenters. The van der Waals surface area contributed by atoms with Crippen LogP contribution in [-0.4, -0.2) is 4.57 Å². The Morgan fingerprint density at radius 2 is 1.23 bits per heavy atom.